The quantitative estimate of drug-likeness (QED) is 0.695. The third-order valence-corrected chi connectivity index (χ3v) is 2.76. The summed E-state index contributed by atoms with van der Waals surface area (Å²) in [4.78, 5) is 0. The summed E-state index contributed by atoms with van der Waals surface area (Å²) >= 11 is 9.22. The lowest BCUT2D eigenvalue weighted by atomic mass is 10.0. The fourth-order valence-electron chi connectivity index (χ4n) is 1.01. The predicted octanol–water partition coefficient (Wildman–Crippen LogP) is 3.42. The van der Waals surface area contributed by atoms with Crippen molar-refractivity contribution in [1.29, 1.82) is 5.26 Å². The molecule has 0 saturated heterocycles. The molecule has 62 valence electrons. The number of nitriles is 1. The fraction of sp³-hybridized carbons (Fsp3) is 0.222. The first-order valence-electron chi connectivity index (χ1n) is 3.44. The zero-order valence-corrected chi connectivity index (χ0v) is 8.91. The number of nitrogens with zero attached hydrogens (tertiary/aromatic N) is 1. The topological polar surface area (TPSA) is 23.8 Å². The summed E-state index contributed by atoms with van der Waals surface area (Å²) in [6.07, 6.45) is 0. The SMILES string of the molecule is Cc1c(Cl)ccc(C#N)c1CBr. The average Bonchev–Trinajstić information content (AvgIpc) is 2.09. The van der Waals surface area contributed by atoms with Crippen molar-refractivity contribution in [1.82, 2.24) is 0 Å². The second kappa shape index (κ2) is 3.93. The Morgan fingerprint density at radius 3 is 2.75 bits per heavy atom. The van der Waals surface area contributed by atoms with Crippen molar-refractivity contribution in [2.45, 2.75) is 12.3 Å². The summed E-state index contributed by atoms with van der Waals surface area (Å²) in [5, 5.41) is 10.1. The summed E-state index contributed by atoms with van der Waals surface area (Å²) in [6, 6.07) is 5.62. The molecule has 0 aliphatic rings. The first-order valence-corrected chi connectivity index (χ1v) is 4.94. The predicted molar refractivity (Wildman–Crippen MR) is 53.5 cm³/mol. The molecule has 0 spiro atoms. The summed E-state index contributed by atoms with van der Waals surface area (Å²) < 4.78 is 0. The minimum atomic E-state index is 0.669. The van der Waals surface area contributed by atoms with E-state index in [1.807, 2.05) is 6.92 Å². The lowest BCUT2D eigenvalue weighted by Crippen LogP contribution is -1.90. The zero-order valence-electron chi connectivity index (χ0n) is 6.56. The average molecular weight is 245 g/mol. The highest BCUT2D eigenvalue weighted by Gasteiger charge is 2.06. The number of benzene rings is 1. The summed E-state index contributed by atoms with van der Waals surface area (Å²) in [5.74, 6) is 0. The van der Waals surface area contributed by atoms with Crippen LogP contribution < -0.4 is 0 Å². The van der Waals surface area contributed by atoms with Gasteiger partial charge in [0.05, 0.1) is 11.6 Å². The molecule has 3 heteroatoms. The molecule has 0 radical (unpaired) electrons. The van der Waals surface area contributed by atoms with Gasteiger partial charge in [-0.25, -0.2) is 0 Å². The Morgan fingerprint density at radius 1 is 1.58 bits per heavy atom. The van der Waals surface area contributed by atoms with Gasteiger partial charge in [0.1, 0.15) is 0 Å². The smallest absolute Gasteiger partial charge is 0.0994 e. The van der Waals surface area contributed by atoms with Gasteiger partial charge in [-0.3, -0.25) is 0 Å². The molecule has 1 aromatic carbocycles. The van der Waals surface area contributed by atoms with Crippen molar-refractivity contribution in [2.24, 2.45) is 0 Å². The lowest BCUT2D eigenvalue weighted by molar-refractivity contribution is 1.29. The van der Waals surface area contributed by atoms with Crippen LogP contribution in [0.2, 0.25) is 5.02 Å². The Bertz CT molecular complexity index is 341. The van der Waals surface area contributed by atoms with Crippen molar-refractivity contribution in [2.75, 3.05) is 0 Å². The number of hydrogen-bond donors (Lipinski definition) is 0. The third-order valence-electron chi connectivity index (χ3n) is 1.79. The van der Waals surface area contributed by atoms with Crippen molar-refractivity contribution >= 4 is 27.5 Å². The van der Waals surface area contributed by atoms with Gasteiger partial charge in [0.25, 0.3) is 0 Å². The van der Waals surface area contributed by atoms with Gasteiger partial charge in [-0.1, -0.05) is 27.5 Å². The lowest BCUT2D eigenvalue weighted by Gasteiger charge is -2.05. The highest BCUT2D eigenvalue weighted by atomic mass is 79.9. The maximum atomic E-state index is 8.75. The normalized spacial score (nSPS) is 9.50. The van der Waals surface area contributed by atoms with Crippen LogP contribution in [0.3, 0.4) is 0 Å². The van der Waals surface area contributed by atoms with E-state index in [9.17, 15) is 0 Å². The van der Waals surface area contributed by atoms with Crippen LogP contribution >= 0.6 is 27.5 Å². The molecule has 0 atom stereocenters. The Balaban J connectivity index is 3.38. The largest absolute Gasteiger partial charge is 0.192 e. The molecule has 0 aliphatic heterocycles. The van der Waals surface area contributed by atoms with Crippen LogP contribution in [0.5, 0.6) is 0 Å². The van der Waals surface area contributed by atoms with E-state index < -0.39 is 0 Å². The van der Waals surface area contributed by atoms with Gasteiger partial charge in [-0.05, 0) is 30.2 Å². The Morgan fingerprint density at radius 2 is 2.25 bits per heavy atom. The van der Waals surface area contributed by atoms with Crippen LogP contribution in [0, 0.1) is 18.3 Å². The van der Waals surface area contributed by atoms with Crippen LogP contribution in [0.25, 0.3) is 0 Å². The molecule has 0 unspecified atom stereocenters. The number of halogens is 2. The standard InChI is InChI=1S/C9H7BrClN/c1-6-8(4-10)7(5-12)2-3-9(6)11/h2-3H,4H2,1H3. The van der Waals surface area contributed by atoms with E-state index in [2.05, 4.69) is 22.0 Å². The Hall–Kier alpha value is -0.520. The van der Waals surface area contributed by atoms with Gasteiger partial charge in [0.15, 0.2) is 0 Å². The van der Waals surface area contributed by atoms with E-state index in [1.54, 1.807) is 12.1 Å². The second-order valence-corrected chi connectivity index (χ2v) is 3.41. The van der Waals surface area contributed by atoms with E-state index in [0.29, 0.717) is 15.9 Å². The molecule has 0 fully saturated rings. The van der Waals surface area contributed by atoms with Crippen molar-refractivity contribution in [3.8, 4) is 6.07 Å². The van der Waals surface area contributed by atoms with Crippen LogP contribution in [0.4, 0.5) is 0 Å². The maximum Gasteiger partial charge on any atom is 0.0994 e. The number of rotatable bonds is 1. The molecule has 0 bridgehead atoms. The van der Waals surface area contributed by atoms with E-state index in [4.69, 9.17) is 16.9 Å². The van der Waals surface area contributed by atoms with Crippen LogP contribution in [0.1, 0.15) is 16.7 Å². The van der Waals surface area contributed by atoms with Crippen molar-refractivity contribution in [3.63, 3.8) is 0 Å². The Kier molecular flexibility index (Phi) is 3.13. The molecule has 0 saturated carbocycles. The van der Waals surface area contributed by atoms with E-state index in [0.717, 1.165) is 11.1 Å². The second-order valence-electron chi connectivity index (χ2n) is 2.44. The van der Waals surface area contributed by atoms with Gasteiger partial charge < -0.3 is 0 Å². The van der Waals surface area contributed by atoms with Gasteiger partial charge in [0.2, 0.25) is 0 Å². The summed E-state index contributed by atoms with van der Waals surface area (Å²) in [6.45, 7) is 1.92. The number of hydrogen-bond acceptors (Lipinski definition) is 1. The molecule has 12 heavy (non-hydrogen) atoms. The van der Waals surface area contributed by atoms with Gasteiger partial charge in [-0.2, -0.15) is 5.26 Å². The molecule has 0 N–H and O–H groups in total. The van der Waals surface area contributed by atoms with Crippen LogP contribution in [0.15, 0.2) is 12.1 Å². The van der Waals surface area contributed by atoms with Gasteiger partial charge >= 0.3 is 0 Å². The molecule has 1 aromatic rings. The summed E-state index contributed by atoms with van der Waals surface area (Å²) in [7, 11) is 0. The van der Waals surface area contributed by atoms with Crippen LogP contribution in [-0.2, 0) is 5.33 Å². The minimum absolute atomic E-state index is 0.669. The minimum Gasteiger partial charge on any atom is -0.192 e. The molecular weight excluding hydrogens is 237 g/mol. The van der Waals surface area contributed by atoms with E-state index in [-0.39, 0.29) is 0 Å². The van der Waals surface area contributed by atoms with Gasteiger partial charge in [0, 0.05) is 10.4 Å². The first-order chi connectivity index (χ1) is 5.70. The first kappa shape index (κ1) is 9.57. The van der Waals surface area contributed by atoms with Crippen molar-refractivity contribution in [3.05, 3.63) is 33.8 Å². The molecule has 0 heterocycles. The summed E-state index contributed by atoms with van der Waals surface area (Å²) in [5.41, 5.74) is 2.64. The zero-order chi connectivity index (χ0) is 9.14. The highest BCUT2D eigenvalue weighted by molar-refractivity contribution is 9.08. The van der Waals surface area contributed by atoms with E-state index in [1.165, 1.54) is 0 Å². The third kappa shape index (κ3) is 1.63. The molecule has 1 nitrogen and oxygen atoms in total. The number of alkyl halides is 1. The highest BCUT2D eigenvalue weighted by Crippen LogP contribution is 2.24. The van der Waals surface area contributed by atoms with Crippen molar-refractivity contribution < 1.29 is 0 Å². The van der Waals surface area contributed by atoms with E-state index >= 15 is 0 Å². The monoisotopic (exact) mass is 243 g/mol. The maximum absolute atomic E-state index is 8.75. The molecule has 0 amide bonds. The Labute approximate surface area is 85.1 Å². The molecule has 0 aliphatic carbocycles. The molecular formula is C9H7BrClN. The van der Waals surface area contributed by atoms with Gasteiger partial charge in [-0.15, -0.1) is 0 Å². The molecule has 1 rings (SSSR count). The van der Waals surface area contributed by atoms with Crippen LogP contribution in [-0.4, -0.2) is 0 Å². The molecule has 0 aromatic heterocycles. The fourth-order valence-corrected chi connectivity index (χ4v) is 1.90.